The molecule has 27 heavy (non-hydrogen) atoms. The van der Waals surface area contributed by atoms with Crippen LogP contribution in [0, 0.1) is 0 Å². The van der Waals surface area contributed by atoms with Gasteiger partial charge in [0.25, 0.3) is 5.91 Å². The molecule has 3 heterocycles. The van der Waals surface area contributed by atoms with E-state index in [4.69, 9.17) is 10.5 Å². The van der Waals surface area contributed by atoms with Gasteiger partial charge in [0.2, 0.25) is 5.91 Å². The number of hydrogen-bond acceptors (Lipinski definition) is 5. The van der Waals surface area contributed by atoms with Gasteiger partial charge in [-0.1, -0.05) is 12.1 Å². The number of carbonyl (C=O) groups is 2. The Labute approximate surface area is 160 Å². The Kier molecular flexibility index (Phi) is 4.91. The molecule has 1 saturated heterocycles. The van der Waals surface area contributed by atoms with Crippen LogP contribution in [0.25, 0.3) is 11.0 Å². The van der Waals surface area contributed by atoms with E-state index in [1.165, 1.54) is 11.3 Å². The molecule has 1 aromatic carbocycles. The van der Waals surface area contributed by atoms with E-state index in [1.807, 2.05) is 35.2 Å². The molecule has 7 nitrogen and oxygen atoms in total. The van der Waals surface area contributed by atoms with Crippen LogP contribution in [-0.2, 0) is 16.1 Å². The van der Waals surface area contributed by atoms with Crippen LogP contribution in [-0.4, -0.2) is 39.8 Å². The molecule has 1 atom stereocenters. The highest BCUT2D eigenvalue weighted by Gasteiger charge is 2.31. The number of ether oxygens (including phenoxy) is 1. The van der Waals surface area contributed by atoms with Crippen LogP contribution in [0.2, 0.25) is 0 Å². The summed E-state index contributed by atoms with van der Waals surface area (Å²) >= 11 is 1.36. The number of aromatic nitrogens is 2. The molecule has 4 rings (SSSR count). The number of rotatable bonds is 6. The van der Waals surface area contributed by atoms with Crippen LogP contribution in [0.1, 0.15) is 39.3 Å². The Morgan fingerprint density at radius 1 is 1.30 bits per heavy atom. The Balaban J connectivity index is 1.36. The third-order valence-electron chi connectivity index (χ3n) is 4.67. The third kappa shape index (κ3) is 3.72. The Bertz CT molecular complexity index is 947. The second-order valence-electron chi connectivity index (χ2n) is 6.50. The summed E-state index contributed by atoms with van der Waals surface area (Å²) in [5.74, 6) is 0.213. The number of aromatic amines is 1. The predicted octanol–water partition coefficient (Wildman–Crippen LogP) is 2.60. The summed E-state index contributed by atoms with van der Waals surface area (Å²) in [5, 5.41) is 0. The lowest BCUT2D eigenvalue weighted by Gasteiger charge is -2.23. The fourth-order valence-electron chi connectivity index (χ4n) is 3.42. The minimum atomic E-state index is -0.434. The number of amides is 2. The van der Waals surface area contributed by atoms with Crippen molar-refractivity contribution in [1.29, 1.82) is 0 Å². The maximum Gasteiger partial charge on any atom is 0.258 e. The number of carbonyl (C=O) groups excluding carboxylic acids is 2. The summed E-state index contributed by atoms with van der Waals surface area (Å²) < 4.78 is 5.60. The van der Waals surface area contributed by atoms with E-state index in [1.54, 1.807) is 6.07 Å². The van der Waals surface area contributed by atoms with Gasteiger partial charge in [0, 0.05) is 11.4 Å². The molecule has 0 bridgehead atoms. The number of benzene rings is 1. The molecular weight excluding hydrogens is 364 g/mol. The van der Waals surface area contributed by atoms with Crippen molar-refractivity contribution in [3.05, 3.63) is 52.0 Å². The minimum Gasteiger partial charge on any atom is -0.365 e. The summed E-state index contributed by atoms with van der Waals surface area (Å²) in [6.45, 7) is 0.951. The number of nitrogens with one attached hydrogen (secondary N) is 1. The molecule has 2 aromatic heterocycles. The third-order valence-corrected chi connectivity index (χ3v) is 5.87. The second-order valence-corrected chi connectivity index (χ2v) is 7.62. The fraction of sp³-hybridized carbons (Fsp3) is 0.316. The lowest BCUT2D eigenvalue weighted by atomic mass is 10.2. The van der Waals surface area contributed by atoms with Crippen molar-refractivity contribution in [2.75, 3.05) is 13.2 Å². The van der Waals surface area contributed by atoms with Gasteiger partial charge in [0.05, 0.1) is 22.0 Å². The lowest BCUT2D eigenvalue weighted by molar-refractivity contribution is -0.137. The lowest BCUT2D eigenvalue weighted by Crippen LogP contribution is -2.33. The fourth-order valence-corrected chi connectivity index (χ4v) is 4.43. The van der Waals surface area contributed by atoms with Gasteiger partial charge in [-0.05, 0) is 37.1 Å². The van der Waals surface area contributed by atoms with Crippen LogP contribution in [0.4, 0.5) is 0 Å². The molecule has 0 radical (unpaired) electrons. The van der Waals surface area contributed by atoms with Crippen LogP contribution >= 0.6 is 11.3 Å². The van der Waals surface area contributed by atoms with Crippen molar-refractivity contribution in [2.45, 2.75) is 25.5 Å². The van der Waals surface area contributed by atoms with Gasteiger partial charge in [0.15, 0.2) is 0 Å². The number of likely N-dealkylation sites (tertiary alicyclic amines) is 1. The highest BCUT2D eigenvalue weighted by atomic mass is 32.1. The van der Waals surface area contributed by atoms with Crippen molar-refractivity contribution in [1.82, 2.24) is 14.9 Å². The molecule has 3 N–H and O–H groups in total. The van der Waals surface area contributed by atoms with Crippen molar-refractivity contribution in [3.63, 3.8) is 0 Å². The molecule has 0 spiro atoms. The van der Waals surface area contributed by atoms with Gasteiger partial charge in [-0.3, -0.25) is 9.59 Å². The number of para-hydroxylation sites is 2. The number of nitrogens with two attached hydrogens (primary N) is 1. The van der Waals surface area contributed by atoms with Gasteiger partial charge < -0.3 is 20.4 Å². The zero-order valence-corrected chi connectivity index (χ0v) is 15.5. The molecule has 8 heteroatoms. The van der Waals surface area contributed by atoms with E-state index < -0.39 is 5.91 Å². The summed E-state index contributed by atoms with van der Waals surface area (Å²) in [7, 11) is 0. The molecule has 2 amide bonds. The van der Waals surface area contributed by atoms with Gasteiger partial charge in [-0.15, -0.1) is 11.3 Å². The monoisotopic (exact) mass is 384 g/mol. The second kappa shape index (κ2) is 7.50. The van der Waals surface area contributed by atoms with E-state index in [-0.39, 0.29) is 25.2 Å². The zero-order valence-electron chi connectivity index (χ0n) is 14.7. The van der Waals surface area contributed by atoms with E-state index in [0.29, 0.717) is 17.2 Å². The Hall–Kier alpha value is -2.71. The number of imidazole rings is 1. The first-order chi connectivity index (χ1) is 13.1. The maximum atomic E-state index is 12.6. The SMILES string of the molecule is NC(=O)c1ccc([C@@H]2CCCN2C(=O)COCc2nc3ccccc3[nH]2)s1. The number of hydrogen-bond donors (Lipinski definition) is 2. The molecule has 1 aliphatic rings. The predicted molar refractivity (Wildman–Crippen MR) is 102 cm³/mol. The topological polar surface area (TPSA) is 101 Å². The quantitative estimate of drug-likeness (QED) is 0.682. The summed E-state index contributed by atoms with van der Waals surface area (Å²) in [5.41, 5.74) is 7.16. The van der Waals surface area contributed by atoms with E-state index in [2.05, 4.69) is 9.97 Å². The number of nitrogens with zero attached hydrogens (tertiary/aromatic N) is 2. The van der Waals surface area contributed by atoms with E-state index >= 15 is 0 Å². The first-order valence-corrected chi connectivity index (χ1v) is 9.64. The molecule has 1 aliphatic heterocycles. The van der Waals surface area contributed by atoms with Gasteiger partial charge in [0.1, 0.15) is 19.0 Å². The van der Waals surface area contributed by atoms with Gasteiger partial charge in [-0.25, -0.2) is 4.98 Å². The largest absolute Gasteiger partial charge is 0.365 e. The van der Waals surface area contributed by atoms with E-state index in [0.717, 1.165) is 28.8 Å². The van der Waals surface area contributed by atoms with Crippen LogP contribution in [0.3, 0.4) is 0 Å². The average molecular weight is 384 g/mol. The molecule has 1 fully saturated rings. The molecule has 0 aliphatic carbocycles. The van der Waals surface area contributed by atoms with Crippen LogP contribution < -0.4 is 5.73 Å². The maximum absolute atomic E-state index is 12.6. The zero-order chi connectivity index (χ0) is 18.8. The van der Waals surface area contributed by atoms with Crippen molar-refractivity contribution in [3.8, 4) is 0 Å². The number of thiophene rings is 1. The molecular formula is C19H20N4O3S. The smallest absolute Gasteiger partial charge is 0.258 e. The molecule has 0 saturated carbocycles. The first kappa shape index (κ1) is 17.7. The minimum absolute atomic E-state index is 0.00158. The molecule has 140 valence electrons. The first-order valence-electron chi connectivity index (χ1n) is 8.82. The van der Waals surface area contributed by atoms with E-state index in [9.17, 15) is 9.59 Å². The van der Waals surface area contributed by atoms with Gasteiger partial charge >= 0.3 is 0 Å². The average Bonchev–Trinajstić information content (AvgIpc) is 3.38. The highest BCUT2D eigenvalue weighted by Crippen LogP contribution is 2.35. The van der Waals surface area contributed by atoms with Crippen LogP contribution in [0.5, 0.6) is 0 Å². The van der Waals surface area contributed by atoms with Gasteiger partial charge in [-0.2, -0.15) is 0 Å². The molecule has 0 unspecified atom stereocenters. The number of fused-ring (bicyclic) bond motifs is 1. The van der Waals surface area contributed by atoms with Crippen molar-refractivity contribution < 1.29 is 14.3 Å². The Morgan fingerprint density at radius 3 is 2.93 bits per heavy atom. The Morgan fingerprint density at radius 2 is 2.15 bits per heavy atom. The standard InChI is InChI=1S/C19H20N4O3S/c20-19(25)16-8-7-15(27-16)14-6-3-9-23(14)18(24)11-26-10-17-21-12-4-1-2-5-13(12)22-17/h1-2,4-5,7-8,14H,3,6,9-11H2,(H2,20,25)(H,21,22)/t14-/m0/s1. The normalized spacial score (nSPS) is 16.9. The summed E-state index contributed by atoms with van der Waals surface area (Å²) in [4.78, 5) is 34.9. The summed E-state index contributed by atoms with van der Waals surface area (Å²) in [6, 6.07) is 11.3. The highest BCUT2D eigenvalue weighted by molar-refractivity contribution is 7.14. The van der Waals surface area contributed by atoms with Crippen LogP contribution in [0.15, 0.2) is 36.4 Å². The summed E-state index contributed by atoms with van der Waals surface area (Å²) in [6.07, 6.45) is 1.82. The molecule has 3 aromatic rings. The van der Waals surface area contributed by atoms with Crippen molar-refractivity contribution >= 4 is 34.2 Å². The van der Waals surface area contributed by atoms with Crippen molar-refractivity contribution in [2.24, 2.45) is 5.73 Å². The number of H-pyrrole nitrogens is 1. The number of primary amides is 1.